The molecule has 0 radical (unpaired) electrons. The summed E-state index contributed by atoms with van der Waals surface area (Å²) in [7, 11) is 0. The van der Waals surface area contributed by atoms with Gasteiger partial charge in [0.2, 0.25) is 0 Å². The number of aromatic nitrogens is 1. The maximum Gasteiger partial charge on any atom is 0.176 e. The van der Waals surface area contributed by atoms with E-state index in [0.29, 0.717) is 0 Å². The van der Waals surface area contributed by atoms with E-state index in [0.717, 1.165) is 6.20 Å². The minimum atomic E-state index is -1.47. The molecule has 0 bridgehead atoms. The molecular formula is C11H4BrF4N. The van der Waals surface area contributed by atoms with Crippen molar-refractivity contribution in [2.75, 3.05) is 0 Å². The van der Waals surface area contributed by atoms with Crippen LogP contribution in [0.1, 0.15) is 0 Å². The van der Waals surface area contributed by atoms with Gasteiger partial charge in [0, 0.05) is 18.0 Å². The minimum absolute atomic E-state index is 0.0344. The Bertz CT molecular complexity index is 542. The first-order valence-corrected chi connectivity index (χ1v) is 5.25. The van der Waals surface area contributed by atoms with Crippen LogP contribution in [0.2, 0.25) is 0 Å². The van der Waals surface area contributed by atoms with Crippen molar-refractivity contribution in [1.82, 2.24) is 4.98 Å². The van der Waals surface area contributed by atoms with E-state index in [2.05, 4.69) is 20.9 Å². The number of benzene rings is 1. The van der Waals surface area contributed by atoms with Gasteiger partial charge < -0.3 is 0 Å². The molecule has 0 atom stereocenters. The van der Waals surface area contributed by atoms with Crippen molar-refractivity contribution >= 4 is 15.9 Å². The lowest BCUT2D eigenvalue weighted by Crippen LogP contribution is -2.01. The predicted molar refractivity (Wildman–Crippen MR) is 57.2 cm³/mol. The Morgan fingerprint density at radius 1 is 0.941 bits per heavy atom. The number of nitrogens with zero attached hydrogens (tertiary/aromatic N) is 1. The lowest BCUT2D eigenvalue weighted by Gasteiger charge is -2.08. The summed E-state index contributed by atoms with van der Waals surface area (Å²) >= 11 is 2.44. The molecule has 6 heteroatoms. The molecular weight excluding hydrogens is 302 g/mol. The Balaban J connectivity index is 2.80. The Labute approximate surface area is 102 Å². The van der Waals surface area contributed by atoms with Crippen molar-refractivity contribution in [2.45, 2.75) is 0 Å². The fraction of sp³-hybridized carbons (Fsp3) is 0. The Morgan fingerprint density at radius 3 is 2.00 bits per heavy atom. The van der Waals surface area contributed by atoms with Crippen LogP contribution in [-0.4, -0.2) is 4.98 Å². The monoisotopic (exact) mass is 305 g/mol. The molecule has 2 rings (SSSR count). The minimum Gasteiger partial charge on any atom is -0.264 e. The van der Waals surface area contributed by atoms with Crippen LogP contribution in [0.4, 0.5) is 17.6 Å². The molecule has 0 spiro atoms. The van der Waals surface area contributed by atoms with E-state index in [4.69, 9.17) is 0 Å². The topological polar surface area (TPSA) is 12.9 Å². The number of halogens is 5. The number of rotatable bonds is 1. The second kappa shape index (κ2) is 4.44. The van der Waals surface area contributed by atoms with Crippen molar-refractivity contribution in [3.8, 4) is 11.1 Å². The second-order valence-electron chi connectivity index (χ2n) is 3.19. The number of hydrogen-bond donors (Lipinski definition) is 0. The van der Waals surface area contributed by atoms with E-state index >= 15 is 0 Å². The smallest absolute Gasteiger partial charge is 0.176 e. The van der Waals surface area contributed by atoms with Crippen LogP contribution in [0.3, 0.4) is 0 Å². The fourth-order valence-electron chi connectivity index (χ4n) is 1.37. The average molecular weight is 306 g/mol. The molecule has 0 fully saturated rings. The van der Waals surface area contributed by atoms with Gasteiger partial charge in [-0.25, -0.2) is 17.6 Å². The highest BCUT2D eigenvalue weighted by Gasteiger charge is 2.24. The molecule has 88 valence electrons. The highest BCUT2D eigenvalue weighted by atomic mass is 79.9. The van der Waals surface area contributed by atoms with Crippen molar-refractivity contribution in [1.29, 1.82) is 0 Å². The van der Waals surface area contributed by atoms with Crippen molar-refractivity contribution in [3.05, 3.63) is 52.3 Å². The summed E-state index contributed by atoms with van der Waals surface area (Å²) < 4.78 is 52.8. The Morgan fingerprint density at radius 2 is 1.53 bits per heavy atom. The van der Waals surface area contributed by atoms with Gasteiger partial charge in [-0.05, 0) is 22.0 Å². The summed E-state index contributed by atoms with van der Waals surface area (Å²) in [5.41, 5.74) is -0.802. The van der Waals surface area contributed by atoms with E-state index < -0.39 is 33.3 Å². The third kappa shape index (κ3) is 1.93. The SMILES string of the molecule is Fc1c(F)c(-c2cccnc2)c(F)c(F)c1Br. The number of hydrogen-bond acceptors (Lipinski definition) is 1. The molecule has 1 heterocycles. The summed E-state index contributed by atoms with van der Waals surface area (Å²) in [5, 5.41) is 0. The molecule has 2 aromatic rings. The molecule has 1 aromatic carbocycles. The van der Waals surface area contributed by atoms with E-state index in [1.54, 1.807) is 0 Å². The third-order valence-corrected chi connectivity index (χ3v) is 2.86. The van der Waals surface area contributed by atoms with Crippen molar-refractivity contribution in [2.24, 2.45) is 0 Å². The Hall–Kier alpha value is -1.43. The quantitative estimate of drug-likeness (QED) is 0.440. The van der Waals surface area contributed by atoms with Gasteiger partial charge in [0.05, 0.1) is 10.0 Å². The van der Waals surface area contributed by atoms with Crippen LogP contribution in [-0.2, 0) is 0 Å². The molecule has 0 aliphatic heterocycles. The Kier molecular flexibility index (Phi) is 3.15. The van der Waals surface area contributed by atoms with Crippen LogP contribution >= 0.6 is 15.9 Å². The largest absolute Gasteiger partial charge is 0.264 e. The van der Waals surface area contributed by atoms with Gasteiger partial charge in [0.25, 0.3) is 0 Å². The fourth-order valence-corrected chi connectivity index (χ4v) is 1.72. The van der Waals surface area contributed by atoms with Gasteiger partial charge >= 0.3 is 0 Å². The summed E-state index contributed by atoms with van der Waals surface area (Å²) in [6.07, 6.45) is 2.50. The van der Waals surface area contributed by atoms with Gasteiger partial charge in [-0.15, -0.1) is 0 Å². The van der Waals surface area contributed by atoms with Crippen LogP contribution in [0.25, 0.3) is 11.1 Å². The second-order valence-corrected chi connectivity index (χ2v) is 3.98. The summed E-state index contributed by atoms with van der Waals surface area (Å²) in [6.45, 7) is 0. The highest BCUT2D eigenvalue weighted by Crippen LogP contribution is 2.33. The molecule has 0 saturated heterocycles. The third-order valence-electron chi connectivity index (χ3n) is 2.16. The molecule has 1 nitrogen and oxygen atoms in total. The molecule has 0 aliphatic carbocycles. The normalized spacial score (nSPS) is 10.6. The van der Waals surface area contributed by atoms with Gasteiger partial charge in [-0.3, -0.25) is 4.98 Å². The lowest BCUT2D eigenvalue weighted by atomic mass is 10.1. The average Bonchev–Trinajstić information content (AvgIpc) is 2.36. The van der Waals surface area contributed by atoms with Crippen LogP contribution < -0.4 is 0 Å². The zero-order valence-electron chi connectivity index (χ0n) is 8.15. The molecule has 0 aliphatic rings. The van der Waals surface area contributed by atoms with E-state index in [1.807, 2.05) is 0 Å². The van der Waals surface area contributed by atoms with Crippen LogP contribution in [0, 0.1) is 23.3 Å². The first-order valence-electron chi connectivity index (χ1n) is 4.46. The molecule has 0 unspecified atom stereocenters. The zero-order chi connectivity index (χ0) is 12.6. The van der Waals surface area contributed by atoms with Crippen LogP contribution in [0.5, 0.6) is 0 Å². The van der Waals surface area contributed by atoms with Gasteiger partial charge in [-0.2, -0.15) is 0 Å². The standard InChI is InChI=1S/C11H4BrF4N/c12-7-10(15)8(13)6(9(14)11(7)16)5-2-1-3-17-4-5/h1-4H. The highest BCUT2D eigenvalue weighted by molar-refractivity contribution is 9.10. The maximum atomic E-state index is 13.5. The van der Waals surface area contributed by atoms with Crippen molar-refractivity contribution < 1.29 is 17.6 Å². The van der Waals surface area contributed by atoms with Crippen LogP contribution in [0.15, 0.2) is 29.0 Å². The van der Waals surface area contributed by atoms with E-state index in [9.17, 15) is 17.6 Å². The first kappa shape index (κ1) is 12.0. The molecule has 17 heavy (non-hydrogen) atoms. The van der Waals surface area contributed by atoms with Crippen molar-refractivity contribution in [3.63, 3.8) is 0 Å². The van der Waals surface area contributed by atoms with Gasteiger partial charge in [-0.1, -0.05) is 6.07 Å². The first-order chi connectivity index (χ1) is 8.04. The summed E-state index contributed by atoms with van der Waals surface area (Å²) in [4.78, 5) is 3.64. The maximum absolute atomic E-state index is 13.5. The zero-order valence-corrected chi connectivity index (χ0v) is 9.73. The number of pyridine rings is 1. The van der Waals surface area contributed by atoms with E-state index in [-0.39, 0.29) is 5.56 Å². The summed E-state index contributed by atoms with van der Waals surface area (Å²) in [6, 6.07) is 2.72. The molecule has 0 saturated carbocycles. The van der Waals surface area contributed by atoms with Gasteiger partial charge in [0.1, 0.15) is 0 Å². The predicted octanol–water partition coefficient (Wildman–Crippen LogP) is 4.07. The summed E-state index contributed by atoms with van der Waals surface area (Å²) in [5.74, 6) is -5.85. The lowest BCUT2D eigenvalue weighted by molar-refractivity contribution is 0.451. The molecule has 0 amide bonds. The molecule has 0 N–H and O–H groups in total. The van der Waals surface area contributed by atoms with Gasteiger partial charge in [0.15, 0.2) is 23.3 Å². The van der Waals surface area contributed by atoms with E-state index in [1.165, 1.54) is 18.3 Å². The molecule has 1 aromatic heterocycles.